The summed E-state index contributed by atoms with van der Waals surface area (Å²) in [5, 5.41) is 10.4. The molecule has 2 aliphatic rings. The minimum absolute atomic E-state index is 0.491. The first kappa shape index (κ1) is 19.6. The molecule has 0 radical (unpaired) electrons. The third-order valence-corrected chi connectivity index (χ3v) is 7.34. The van der Waals surface area contributed by atoms with Gasteiger partial charge < -0.3 is 10.6 Å². The molecule has 142 valence electrons. The quantitative estimate of drug-likeness (QED) is 0.468. The zero-order valence-electron chi connectivity index (χ0n) is 16.2. The van der Waals surface area contributed by atoms with E-state index in [2.05, 4.69) is 37.6 Å². The van der Waals surface area contributed by atoms with Crippen molar-refractivity contribution in [3.8, 4) is 0 Å². The minimum Gasteiger partial charge on any atom is -0.385 e. The zero-order chi connectivity index (χ0) is 18.7. The molecular weight excluding hydrogens is 356 g/mol. The lowest BCUT2D eigenvalue weighted by atomic mass is 9.80. The summed E-state index contributed by atoms with van der Waals surface area (Å²) in [6.07, 6.45) is 8.34. The Kier molecular flexibility index (Phi) is 6.57. The van der Waals surface area contributed by atoms with Crippen LogP contribution in [0.25, 0.3) is 5.70 Å². The highest BCUT2D eigenvalue weighted by atomic mass is 32.1. The van der Waals surface area contributed by atoms with Gasteiger partial charge in [0.05, 0.1) is 0 Å². The zero-order valence-corrected chi connectivity index (χ0v) is 17.8. The normalized spacial score (nSPS) is 20.2. The lowest BCUT2D eigenvalue weighted by Gasteiger charge is -2.26. The largest absolute Gasteiger partial charge is 0.385 e. The number of nitrogens with one attached hydrogen (secondary N) is 2. The molecule has 0 amide bonds. The number of fused-ring (bicyclic) bond motifs is 1. The van der Waals surface area contributed by atoms with Crippen molar-refractivity contribution in [2.24, 2.45) is 17.8 Å². The number of thiocarbonyl (C=S) groups is 1. The van der Waals surface area contributed by atoms with Gasteiger partial charge in [0, 0.05) is 28.4 Å². The topological polar surface area (TPSA) is 24.1 Å². The van der Waals surface area contributed by atoms with Crippen molar-refractivity contribution in [1.82, 2.24) is 5.32 Å². The van der Waals surface area contributed by atoms with E-state index in [0.717, 1.165) is 49.5 Å². The fraction of sp³-hybridized carbons (Fsp3) is 0.591. The van der Waals surface area contributed by atoms with E-state index in [0.29, 0.717) is 11.8 Å². The maximum atomic E-state index is 5.23. The fourth-order valence-corrected chi connectivity index (χ4v) is 5.32. The molecule has 1 heterocycles. The van der Waals surface area contributed by atoms with Gasteiger partial charge in [-0.05, 0) is 67.2 Å². The average Bonchev–Trinajstić information content (AvgIpc) is 3.39. The number of anilines is 1. The van der Waals surface area contributed by atoms with Crippen LogP contribution in [0.2, 0.25) is 0 Å². The summed E-state index contributed by atoms with van der Waals surface area (Å²) in [5.74, 6) is 1.98. The Morgan fingerprint density at radius 3 is 2.77 bits per heavy atom. The molecule has 0 spiro atoms. The molecule has 0 bridgehead atoms. The third kappa shape index (κ3) is 4.58. The molecule has 0 aliphatic heterocycles. The Morgan fingerprint density at radius 1 is 1.35 bits per heavy atom. The third-order valence-electron chi connectivity index (χ3n) is 5.70. The van der Waals surface area contributed by atoms with Gasteiger partial charge in [-0.15, -0.1) is 11.3 Å². The molecule has 2 aliphatic carbocycles. The summed E-state index contributed by atoms with van der Waals surface area (Å²) in [6.45, 7) is 14.1. The molecule has 1 aromatic rings. The minimum atomic E-state index is 0.491. The monoisotopic (exact) mass is 388 g/mol. The molecule has 2 nitrogen and oxygen atoms in total. The second kappa shape index (κ2) is 8.71. The Hall–Kier alpha value is -1.13. The second-order valence-electron chi connectivity index (χ2n) is 7.99. The summed E-state index contributed by atoms with van der Waals surface area (Å²) >= 11 is 7.14. The summed E-state index contributed by atoms with van der Waals surface area (Å²) in [7, 11) is 0. The fourth-order valence-electron chi connectivity index (χ4n) is 3.78. The molecule has 1 saturated carbocycles. The van der Waals surface area contributed by atoms with Crippen LogP contribution in [-0.4, -0.2) is 11.9 Å². The molecule has 3 rings (SSSR count). The highest BCUT2D eigenvalue weighted by molar-refractivity contribution is 7.79. The summed E-state index contributed by atoms with van der Waals surface area (Å²) in [4.78, 5) is 1.52. The maximum absolute atomic E-state index is 5.23. The van der Waals surface area contributed by atoms with Crippen LogP contribution in [0.4, 0.5) is 5.00 Å². The lowest BCUT2D eigenvalue weighted by Crippen LogP contribution is -2.22. The number of aryl methyl sites for hydroxylation is 1. The van der Waals surface area contributed by atoms with E-state index >= 15 is 0 Å². The van der Waals surface area contributed by atoms with E-state index in [1.54, 1.807) is 0 Å². The van der Waals surface area contributed by atoms with Crippen LogP contribution < -0.4 is 10.6 Å². The van der Waals surface area contributed by atoms with Crippen molar-refractivity contribution >= 4 is 39.6 Å². The highest BCUT2D eigenvalue weighted by Gasteiger charge is 2.30. The van der Waals surface area contributed by atoms with Crippen LogP contribution in [0.1, 0.15) is 62.0 Å². The van der Waals surface area contributed by atoms with Crippen LogP contribution in [0.15, 0.2) is 18.9 Å². The van der Waals surface area contributed by atoms with E-state index in [1.165, 1.54) is 40.3 Å². The van der Waals surface area contributed by atoms with Crippen molar-refractivity contribution in [3.05, 3.63) is 34.9 Å². The van der Waals surface area contributed by atoms with Crippen molar-refractivity contribution in [2.45, 2.75) is 58.8 Å². The molecule has 2 N–H and O–H groups in total. The summed E-state index contributed by atoms with van der Waals surface area (Å²) in [6, 6.07) is 0. The molecule has 0 saturated heterocycles. The molecular formula is C22H32N2S2. The number of thiophene rings is 1. The van der Waals surface area contributed by atoms with Gasteiger partial charge >= 0.3 is 0 Å². The lowest BCUT2D eigenvalue weighted by molar-refractivity contribution is 0.399. The van der Waals surface area contributed by atoms with E-state index in [9.17, 15) is 0 Å². The van der Waals surface area contributed by atoms with Crippen LogP contribution >= 0.6 is 23.6 Å². The second-order valence-corrected chi connectivity index (χ2v) is 9.36. The van der Waals surface area contributed by atoms with Crippen molar-refractivity contribution in [2.75, 3.05) is 11.9 Å². The van der Waals surface area contributed by atoms with Gasteiger partial charge in [0.2, 0.25) is 0 Å². The van der Waals surface area contributed by atoms with Gasteiger partial charge in [-0.25, -0.2) is 0 Å². The molecule has 2 atom stereocenters. The number of rotatable bonds is 10. The van der Waals surface area contributed by atoms with Gasteiger partial charge in [-0.3, -0.25) is 0 Å². The summed E-state index contributed by atoms with van der Waals surface area (Å²) in [5.41, 5.74) is 4.99. The van der Waals surface area contributed by atoms with Gasteiger partial charge in [0.1, 0.15) is 5.00 Å². The van der Waals surface area contributed by atoms with Crippen molar-refractivity contribution < 1.29 is 0 Å². The Morgan fingerprint density at radius 2 is 2.12 bits per heavy atom. The van der Waals surface area contributed by atoms with Gasteiger partial charge in [0.25, 0.3) is 0 Å². The molecule has 2 unspecified atom stereocenters. The number of hydrogen-bond donors (Lipinski definition) is 2. The van der Waals surface area contributed by atoms with Crippen LogP contribution in [0, 0.1) is 17.8 Å². The summed E-state index contributed by atoms with van der Waals surface area (Å²) < 4.78 is 0. The SMILES string of the molecule is C=C(CCC)Nc1sc2c(c1C(=C)NCC1CC1)CC(C(C)C=S)CC2. The predicted molar refractivity (Wildman–Crippen MR) is 120 cm³/mol. The standard InChI is InChI=1S/C22H32N2S2/c1-5-6-15(3)24-22-21(16(4)23-12-17-7-8-17)19-11-18(14(2)13-25)9-10-20(19)26-22/h13-14,17-18,23-24H,3-12H2,1-2H3. The Labute approximate surface area is 168 Å². The van der Waals surface area contributed by atoms with Gasteiger partial charge in [-0.2, -0.15) is 0 Å². The van der Waals surface area contributed by atoms with E-state index in [1.807, 2.05) is 16.7 Å². The van der Waals surface area contributed by atoms with E-state index in [4.69, 9.17) is 12.2 Å². The van der Waals surface area contributed by atoms with Gasteiger partial charge in [-0.1, -0.05) is 45.6 Å². The Balaban J connectivity index is 1.86. The maximum Gasteiger partial charge on any atom is 0.102 e. The van der Waals surface area contributed by atoms with E-state index < -0.39 is 0 Å². The first-order valence-electron chi connectivity index (χ1n) is 10.0. The molecule has 4 heteroatoms. The number of hydrogen-bond acceptors (Lipinski definition) is 4. The highest BCUT2D eigenvalue weighted by Crippen LogP contribution is 2.44. The van der Waals surface area contributed by atoms with Crippen LogP contribution in [0.5, 0.6) is 0 Å². The van der Waals surface area contributed by atoms with Crippen LogP contribution in [0.3, 0.4) is 0 Å². The average molecular weight is 389 g/mol. The molecule has 0 aromatic carbocycles. The first-order chi connectivity index (χ1) is 12.5. The smallest absolute Gasteiger partial charge is 0.102 e. The van der Waals surface area contributed by atoms with Crippen molar-refractivity contribution in [1.29, 1.82) is 0 Å². The Bertz CT molecular complexity index is 685. The number of allylic oxidation sites excluding steroid dienone is 1. The molecule has 26 heavy (non-hydrogen) atoms. The molecule has 1 aromatic heterocycles. The van der Waals surface area contributed by atoms with E-state index in [-0.39, 0.29) is 0 Å². The van der Waals surface area contributed by atoms with Crippen LogP contribution in [-0.2, 0) is 12.8 Å². The first-order valence-corrected chi connectivity index (χ1v) is 11.3. The molecule has 1 fully saturated rings. The predicted octanol–water partition coefficient (Wildman–Crippen LogP) is 6.18. The van der Waals surface area contributed by atoms with Gasteiger partial charge in [0.15, 0.2) is 0 Å². The van der Waals surface area contributed by atoms with Crippen molar-refractivity contribution in [3.63, 3.8) is 0 Å².